The molecule has 1 aromatic carbocycles. The lowest BCUT2D eigenvalue weighted by Gasteiger charge is -2.04. The van der Waals surface area contributed by atoms with Crippen molar-refractivity contribution in [1.82, 2.24) is 4.98 Å². The molecule has 0 radical (unpaired) electrons. The fraction of sp³-hybridized carbons (Fsp3) is 0.250. The third-order valence-electron chi connectivity index (χ3n) is 2.34. The monoisotopic (exact) mass is 234 g/mol. The number of hydrogen-bond donors (Lipinski definition) is 1. The van der Waals surface area contributed by atoms with E-state index < -0.39 is 0 Å². The average Bonchev–Trinajstić information content (AvgIpc) is 2.71. The minimum Gasteiger partial charge on any atom is -0.431 e. The van der Waals surface area contributed by atoms with E-state index in [2.05, 4.69) is 11.9 Å². The van der Waals surface area contributed by atoms with Crippen molar-refractivity contribution >= 4 is 17.0 Å². The summed E-state index contributed by atoms with van der Waals surface area (Å²) in [5.41, 5.74) is 8.60. The standard InChI is InChI=1S/C12H14N2OS/c1-3-9-7-16-12(14-9)15-10-4-5-11(13)8(2)6-10/h4-7H,3,13H2,1-2H3. The molecule has 0 spiro atoms. The van der Waals surface area contributed by atoms with Crippen LogP contribution < -0.4 is 10.5 Å². The zero-order valence-corrected chi connectivity index (χ0v) is 10.2. The number of ether oxygens (including phenoxy) is 1. The fourth-order valence-electron chi connectivity index (χ4n) is 1.31. The normalized spacial score (nSPS) is 10.4. The second-order valence-corrected chi connectivity index (χ2v) is 4.40. The van der Waals surface area contributed by atoms with Crippen molar-refractivity contribution in [2.24, 2.45) is 0 Å². The minimum atomic E-state index is 0.682. The maximum absolute atomic E-state index is 5.74. The number of aromatic nitrogens is 1. The molecule has 0 bridgehead atoms. The molecule has 0 amide bonds. The summed E-state index contributed by atoms with van der Waals surface area (Å²) in [5.74, 6) is 0.781. The minimum absolute atomic E-state index is 0.682. The number of thiazole rings is 1. The molecule has 4 heteroatoms. The predicted molar refractivity (Wildman–Crippen MR) is 67.2 cm³/mol. The van der Waals surface area contributed by atoms with Gasteiger partial charge in [0.05, 0.1) is 5.69 Å². The predicted octanol–water partition coefficient (Wildman–Crippen LogP) is 3.39. The quantitative estimate of drug-likeness (QED) is 0.828. The Kier molecular flexibility index (Phi) is 3.10. The molecule has 2 N–H and O–H groups in total. The number of nitrogen functional groups attached to an aromatic ring is 1. The lowest BCUT2D eigenvalue weighted by Crippen LogP contribution is -1.90. The lowest BCUT2D eigenvalue weighted by molar-refractivity contribution is 0.477. The molecule has 1 aromatic heterocycles. The van der Waals surface area contributed by atoms with Gasteiger partial charge in [-0.1, -0.05) is 18.3 Å². The van der Waals surface area contributed by atoms with Gasteiger partial charge in [0, 0.05) is 11.1 Å². The van der Waals surface area contributed by atoms with Crippen LogP contribution in [0.2, 0.25) is 0 Å². The first-order valence-electron chi connectivity index (χ1n) is 5.17. The maximum Gasteiger partial charge on any atom is 0.278 e. The molecule has 84 valence electrons. The molecule has 0 saturated heterocycles. The van der Waals surface area contributed by atoms with E-state index in [1.54, 1.807) is 0 Å². The summed E-state index contributed by atoms with van der Waals surface area (Å²) in [6.07, 6.45) is 0.931. The number of nitrogens with zero attached hydrogens (tertiary/aromatic N) is 1. The van der Waals surface area contributed by atoms with Gasteiger partial charge < -0.3 is 10.5 Å². The molecule has 0 saturated carbocycles. The Bertz CT molecular complexity index is 494. The topological polar surface area (TPSA) is 48.1 Å². The van der Waals surface area contributed by atoms with Gasteiger partial charge in [0.25, 0.3) is 5.19 Å². The van der Waals surface area contributed by atoms with Crippen molar-refractivity contribution in [3.8, 4) is 10.9 Å². The molecule has 3 nitrogen and oxygen atoms in total. The van der Waals surface area contributed by atoms with Gasteiger partial charge in [-0.3, -0.25) is 0 Å². The van der Waals surface area contributed by atoms with Crippen molar-refractivity contribution in [2.75, 3.05) is 5.73 Å². The van der Waals surface area contributed by atoms with Gasteiger partial charge in [0.1, 0.15) is 5.75 Å². The summed E-state index contributed by atoms with van der Waals surface area (Å²) in [4.78, 5) is 4.34. The summed E-state index contributed by atoms with van der Waals surface area (Å²) in [6.45, 7) is 4.04. The highest BCUT2D eigenvalue weighted by atomic mass is 32.1. The SMILES string of the molecule is CCc1csc(Oc2ccc(N)c(C)c2)n1. The molecule has 0 unspecified atom stereocenters. The number of nitrogens with two attached hydrogens (primary N) is 1. The van der Waals surface area contributed by atoms with Gasteiger partial charge in [-0.25, -0.2) is 4.98 Å². The summed E-state index contributed by atoms with van der Waals surface area (Å²) >= 11 is 1.51. The lowest BCUT2D eigenvalue weighted by atomic mass is 10.2. The van der Waals surface area contributed by atoms with E-state index in [1.807, 2.05) is 30.5 Å². The highest BCUT2D eigenvalue weighted by molar-refractivity contribution is 7.11. The van der Waals surface area contributed by atoms with Crippen LogP contribution in [0.25, 0.3) is 0 Å². The van der Waals surface area contributed by atoms with E-state index in [4.69, 9.17) is 10.5 Å². The molecule has 0 fully saturated rings. The van der Waals surface area contributed by atoms with Crippen molar-refractivity contribution in [3.05, 3.63) is 34.8 Å². The largest absolute Gasteiger partial charge is 0.431 e. The summed E-state index contributed by atoms with van der Waals surface area (Å²) in [6, 6.07) is 5.62. The molecule has 0 aliphatic heterocycles. The highest BCUT2D eigenvalue weighted by Crippen LogP contribution is 2.27. The Labute approximate surface area is 98.9 Å². The Morgan fingerprint density at radius 2 is 2.25 bits per heavy atom. The van der Waals surface area contributed by atoms with Gasteiger partial charge in [0.2, 0.25) is 0 Å². The van der Waals surface area contributed by atoms with E-state index in [0.717, 1.165) is 29.1 Å². The zero-order valence-electron chi connectivity index (χ0n) is 9.36. The van der Waals surface area contributed by atoms with Crippen LogP contribution in [-0.4, -0.2) is 4.98 Å². The molecule has 1 heterocycles. The van der Waals surface area contributed by atoms with Gasteiger partial charge in [-0.2, -0.15) is 0 Å². The van der Waals surface area contributed by atoms with Crippen molar-refractivity contribution in [2.45, 2.75) is 20.3 Å². The van der Waals surface area contributed by atoms with E-state index in [-0.39, 0.29) is 0 Å². The van der Waals surface area contributed by atoms with Crippen molar-refractivity contribution in [3.63, 3.8) is 0 Å². The molecule has 0 aliphatic carbocycles. The number of hydrogen-bond acceptors (Lipinski definition) is 4. The fourth-order valence-corrected chi connectivity index (χ4v) is 2.08. The zero-order chi connectivity index (χ0) is 11.5. The third kappa shape index (κ3) is 2.33. The van der Waals surface area contributed by atoms with Crippen LogP contribution in [0.15, 0.2) is 23.6 Å². The van der Waals surface area contributed by atoms with Crippen molar-refractivity contribution in [1.29, 1.82) is 0 Å². The van der Waals surface area contributed by atoms with Crippen LogP contribution in [0, 0.1) is 6.92 Å². The molecule has 2 aromatic rings. The molecular formula is C12H14N2OS. The number of benzene rings is 1. The Hall–Kier alpha value is -1.55. The van der Waals surface area contributed by atoms with Crippen LogP contribution in [-0.2, 0) is 6.42 Å². The Morgan fingerprint density at radius 3 is 2.88 bits per heavy atom. The van der Waals surface area contributed by atoms with E-state index in [0.29, 0.717) is 5.19 Å². The van der Waals surface area contributed by atoms with Gasteiger partial charge in [0.15, 0.2) is 0 Å². The van der Waals surface area contributed by atoms with Gasteiger partial charge in [-0.15, -0.1) is 0 Å². The van der Waals surface area contributed by atoms with Gasteiger partial charge >= 0.3 is 0 Å². The van der Waals surface area contributed by atoms with Crippen LogP contribution >= 0.6 is 11.3 Å². The first-order chi connectivity index (χ1) is 7.69. The highest BCUT2D eigenvalue weighted by Gasteiger charge is 2.04. The van der Waals surface area contributed by atoms with Crippen molar-refractivity contribution < 1.29 is 4.74 Å². The Balaban J connectivity index is 2.17. The number of rotatable bonds is 3. The van der Waals surface area contributed by atoms with Crippen LogP contribution in [0.3, 0.4) is 0 Å². The average molecular weight is 234 g/mol. The second-order valence-electron chi connectivity index (χ2n) is 3.58. The van der Waals surface area contributed by atoms with Gasteiger partial charge in [-0.05, 0) is 37.1 Å². The summed E-state index contributed by atoms with van der Waals surface area (Å²) in [5, 5.41) is 2.69. The second kappa shape index (κ2) is 4.53. The summed E-state index contributed by atoms with van der Waals surface area (Å²) in [7, 11) is 0. The molecule has 0 aliphatic rings. The molecular weight excluding hydrogens is 220 g/mol. The van der Waals surface area contributed by atoms with E-state index in [9.17, 15) is 0 Å². The first-order valence-corrected chi connectivity index (χ1v) is 6.05. The number of anilines is 1. The van der Waals surface area contributed by atoms with Crippen LogP contribution in [0.1, 0.15) is 18.2 Å². The van der Waals surface area contributed by atoms with Crippen LogP contribution in [0.4, 0.5) is 5.69 Å². The van der Waals surface area contributed by atoms with E-state index >= 15 is 0 Å². The smallest absolute Gasteiger partial charge is 0.278 e. The molecule has 2 rings (SSSR count). The third-order valence-corrected chi connectivity index (χ3v) is 3.11. The van der Waals surface area contributed by atoms with Crippen LogP contribution in [0.5, 0.6) is 10.9 Å². The maximum atomic E-state index is 5.74. The number of aryl methyl sites for hydroxylation is 2. The Morgan fingerprint density at radius 1 is 1.44 bits per heavy atom. The summed E-state index contributed by atoms with van der Waals surface area (Å²) < 4.78 is 5.65. The van der Waals surface area contributed by atoms with E-state index in [1.165, 1.54) is 11.3 Å². The first kappa shape index (κ1) is 11.0. The molecule has 0 atom stereocenters. The molecule has 16 heavy (non-hydrogen) atoms.